The number of aliphatic hydroxyl groups is 4. The zero-order valence-corrected chi connectivity index (χ0v) is 11.2. The van der Waals surface area contributed by atoms with Crippen molar-refractivity contribution in [2.75, 3.05) is 19.8 Å². The molecule has 2 heterocycles. The molecule has 1 aliphatic rings. The molecule has 116 valence electrons. The van der Waals surface area contributed by atoms with Crippen molar-refractivity contribution < 1.29 is 39.3 Å². The number of carbonyl (C=O) groups is 1. The summed E-state index contributed by atoms with van der Waals surface area (Å²) in [5, 5.41) is 37.3. The van der Waals surface area contributed by atoms with Crippen molar-refractivity contribution in [2.45, 2.75) is 24.5 Å². The van der Waals surface area contributed by atoms with Crippen LogP contribution < -0.4 is 4.57 Å². The zero-order valence-electron chi connectivity index (χ0n) is 11.2. The van der Waals surface area contributed by atoms with E-state index >= 15 is 0 Å². The molecule has 1 saturated heterocycles. The molecule has 21 heavy (non-hydrogen) atoms. The van der Waals surface area contributed by atoms with E-state index in [1.54, 1.807) is 12.3 Å². The molecule has 1 aromatic rings. The Bertz CT molecular complexity index is 495. The van der Waals surface area contributed by atoms with Crippen molar-refractivity contribution in [3.05, 3.63) is 30.1 Å². The van der Waals surface area contributed by atoms with Gasteiger partial charge in [-0.2, -0.15) is 4.57 Å². The smallest absolute Gasteiger partial charge is 0.344 e. The van der Waals surface area contributed by atoms with Crippen molar-refractivity contribution in [3.8, 4) is 0 Å². The SMILES string of the molecule is O=C(OCCO)c1ccc[n+]([C@@H]2O[C@H](CO)[C@@H](O)[C@H]2O)c1. The van der Waals surface area contributed by atoms with E-state index in [4.69, 9.17) is 19.7 Å². The minimum atomic E-state index is -1.23. The van der Waals surface area contributed by atoms with Crippen molar-refractivity contribution in [2.24, 2.45) is 0 Å². The lowest BCUT2D eigenvalue weighted by molar-refractivity contribution is -0.765. The van der Waals surface area contributed by atoms with Crippen LogP contribution in [0.15, 0.2) is 24.5 Å². The third-order valence-electron chi connectivity index (χ3n) is 3.19. The maximum atomic E-state index is 11.7. The molecule has 0 saturated carbocycles. The first-order valence-corrected chi connectivity index (χ1v) is 6.49. The number of ether oxygens (including phenoxy) is 2. The van der Waals surface area contributed by atoms with E-state index in [2.05, 4.69) is 0 Å². The van der Waals surface area contributed by atoms with Crippen LogP contribution in [0.1, 0.15) is 16.6 Å². The number of esters is 1. The maximum absolute atomic E-state index is 11.7. The number of aliphatic hydroxyl groups excluding tert-OH is 4. The third kappa shape index (κ3) is 3.36. The van der Waals surface area contributed by atoms with E-state index in [1.165, 1.54) is 16.8 Å². The summed E-state index contributed by atoms with van der Waals surface area (Å²) in [6.45, 7) is -0.803. The van der Waals surface area contributed by atoms with Gasteiger partial charge in [0.15, 0.2) is 18.5 Å². The summed E-state index contributed by atoms with van der Waals surface area (Å²) in [6.07, 6.45) is -1.28. The Kier molecular flexibility index (Phi) is 5.21. The number of nitrogens with zero attached hydrogens (tertiary/aromatic N) is 1. The monoisotopic (exact) mass is 300 g/mol. The quantitative estimate of drug-likeness (QED) is 0.357. The van der Waals surface area contributed by atoms with E-state index < -0.39 is 37.1 Å². The molecule has 1 fully saturated rings. The van der Waals surface area contributed by atoms with Crippen LogP contribution in [0, 0.1) is 0 Å². The highest BCUT2D eigenvalue weighted by atomic mass is 16.6. The van der Waals surface area contributed by atoms with Crippen LogP contribution in [-0.2, 0) is 9.47 Å². The fourth-order valence-electron chi connectivity index (χ4n) is 2.12. The van der Waals surface area contributed by atoms with Gasteiger partial charge in [-0.3, -0.25) is 0 Å². The highest BCUT2D eigenvalue weighted by molar-refractivity contribution is 5.88. The average Bonchev–Trinajstić information content (AvgIpc) is 2.80. The summed E-state index contributed by atoms with van der Waals surface area (Å²) in [6, 6.07) is 3.07. The van der Waals surface area contributed by atoms with Crippen LogP contribution in [0.5, 0.6) is 0 Å². The summed E-state index contributed by atoms with van der Waals surface area (Å²) >= 11 is 0. The van der Waals surface area contributed by atoms with Gasteiger partial charge in [0.05, 0.1) is 13.2 Å². The normalized spacial score (nSPS) is 28.6. The van der Waals surface area contributed by atoms with Gasteiger partial charge in [-0.25, -0.2) is 4.79 Å². The molecule has 0 radical (unpaired) electrons. The molecular formula is C13H18NO7+. The predicted molar refractivity (Wildman–Crippen MR) is 67.0 cm³/mol. The minimum Gasteiger partial charge on any atom is -0.459 e. The summed E-state index contributed by atoms with van der Waals surface area (Å²) in [5.74, 6) is -0.620. The molecule has 8 heteroatoms. The van der Waals surface area contributed by atoms with Gasteiger partial charge in [-0.05, 0) is 6.07 Å². The van der Waals surface area contributed by atoms with Gasteiger partial charge in [0.25, 0.3) is 6.23 Å². The molecule has 0 aliphatic carbocycles. The molecule has 4 atom stereocenters. The Balaban J connectivity index is 2.16. The van der Waals surface area contributed by atoms with Crippen molar-refractivity contribution >= 4 is 5.97 Å². The fraction of sp³-hybridized carbons (Fsp3) is 0.538. The number of rotatable bonds is 5. The molecule has 0 aromatic carbocycles. The van der Waals surface area contributed by atoms with E-state index in [1.807, 2.05) is 0 Å². The average molecular weight is 300 g/mol. The second-order valence-corrected chi connectivity index (χ2v) is 4.63. The predicted octanol–water partition coefficient (Wildman–Crippen LogP) is -2.27. The molecule has 0 amide bonds. The van der Waals surface area contributed by atoms with Crippen molar-refractivity contribution in [3.63, 3.8) is 0 Å². The summed E-state index contributed by atoms with van der Waals surface area (Å²) < 4.78 is 11.6. The second-order valence-electron chi connectivity index (χ2n) is 4.63. The van der Waals surface area contributed by atoms with Gasteiger partial charge >= 0.3 is 5.97 Å². The molecule has 0 unspecified atom stereocenters. The van der Waals surface area contributed by atoms with Gasteiger partial charge in [0, 0.05) is 6.07 Å². The first-order valence-electron chi connectivity index (χ1n) is 6.49. The maximum Gasteiger partial charge on any atom is 0.344 e. The molecule has 1 aliphatic heterocycles. The lowest BCUT2D eigenvalue weighted by Crippen LogP contribution is -2.46. The molecule has 0 spiro atoms. The molecule has 8 nitrogen and oxygen atoms in total. The number of pyridine rings is 1. The van der Waals surface area contributed by atoms with Crippen LogP contribution in [0.2, 0.25) is 0 Å². The Morgan fingerprint density at radius 3 is 2.71 bits per heavy atom. The van der Waals surface area contributed by atoms with Crippen molar-refractivity contribution in [1.29, 1.82) is 0 Å². The second kappa shape index (κ2) is 6.92. The third-order valence-corrected chi connectivity index (χ3v) is 3.19. The summed E-state index contributed by atoms with van der Waals surface area (Å²) in [4.78, 5) is 11.7. The van der Waals surface area contributed by atoms with E-state index in [0.717, 1.165) is 0 Å². The van der Waals surface area contributed by atoms with Gasteiger partial charge < -0.3 is 29.9 Å². The fourth-order valence-corrected chi connectivity index (χ4v) is 2.12. The molecule has 0 bridgehead atoms. The first kappa shape index (κ1) is 15.8. The van der Waals surface area contributed by atoms with Gasteiger partial charge in [-0.15, -0.1) is 0 Å². The van der Waals surface area contributed by atoms with E-state index in [-0.39, 0.29) is 18.8 Å². The Labute approximate surface area is 120 Å². The highest BCUT2D eigenvalue weighted by Crippen LogP contribution is 2.25. The lowest BCUT2D eigenvalue weighted by Gasteiger charge is -2.10. The van der Waals surface area contributed by atoms with Gasteiger partial charge in [0.2, 0.25) is 0 Å². The van der Waals surface area contributed by atoms with Gasteiger partial charge in [-0.1, -0.05) is 0 Å². The molecule has 2 rings (SSSR count). The number of hydrogen-bond donors (Lipinski definition) is 4. The van der Waals surface area contributed by atoms with Gasteiger partial charge in [0.1, 0.15) is 24.4 Å². The summed E-state index contributed by atoms with van der Waals surface area (Å²) in [5.41, 5.74) is 0.212. The van der Waals surface area contributed by atoms with Crippen LogP contribution in [0.4, 0.5) is 0 Å². The summed E-state index contributed by atoms with van der Waals surface area (Å²) in [7, 11) is 0. The minimum absolute atomic E-state index is 0.110. The van der Waals surface area contributed by atoms with Crippen LogP contribution in [-0.4, -0.2) is 64.5 Å². The standard InChI is InChI=1S/C13H18NO7/c15-4-5-20-13(19)8-2-1-3-14(6-8)12-11(18)10(17)9(7-16)21-12/h1-3,6,9-12,15-18H,4-5,7H2/q+1/t9-,10-,11-,12-/m1/s1. The van der Waals surface area contributed by atoms with Crippen molar-refractivity contribution in [1.82, 2.24) is 0 Å². The first-order chi connectivity index (χ1) is 10.1. The largest absolute Gasteiger partial charge is 0.459 e. The number of carbonyl (C=O) groups excluding carboxylic acids is 1. The zero-order chi connectivity index (χ0) is 15.4. The Morgan fingerprint density at radius 1 is 1.33 bits per heavy atom. The highest BCUT2D eigenvalue weighted by Gasteiger charge is 2.48. The van der Waals surface area contributed by atoms with Crippen LogP contribution in [0.3, 0.4) is 0 Å². The Hall–Kier alpha value is -1.58. The van der Waals surface area contributed by atoms with E-state index in [9.17, 15) is 15.0 Å². The molecule has 4 N–H and O–H groups in total. The molecular weight excluding hydrogens is 282 g/mol. The topological polar surface area (TPSA) is 120 Å². The number of aromatic nitrogens is 1. The number of hydrogen-bond acceptors (Lipinski definition) is 7. The lowest BCUT2D eigenvalue weighted by atomic mass is 10.1. The van der Waals surface area contributed by atoms with Crippen LogP contribution in [0.25, 0.3) is 0 Å². The van der Waals surface area contributed by atoms with Crippen LogP contribution >= 0.6 is 0 Å². The Morgan fingerprint density at radius 2 is 2.10 bits per heavy atom. The van der Waals surface area contributed by atoms with E-state index in [0.29, 0.717) is 0 Å². The molecule has 1 aromatic heterocycles.